The van der Waals surface area contributed by atoms with E-state index in [0.29, 0.717) is 17.8 Å². The number of rotatable bonds is 3. The Morgan fingerprint density at radius 2 is 1.80 bits per heavy atom. The third kappa shape index (κ3) is 3.44. The van der Waals surface area contributed by atoms with Gasteiger partial charge in [-0.1, -0.05) is 18.2 Å². The molecule has 0 aliphatic carbocycles. The number of fused-ring (bicyclic) bond motifs is 1. The first kappa shape index (κ1) is 16.6. The van der Waals surface area contributed by atoms with Gasteiger partial charge in [0, 0.05) is 50.2 Å². The molecule has 2 aromatic rings. The van der Waals surface area contributed by atoms with Crippen LogP contribution in [0.4, 0.5) is 0 Å². The Hall–Kier alpha value is -1.85. The normalized spacial score (nSPS) is 21.1. The Bertz CT molecular complexity index is 692. The minimum atomic E-state index is 0.132. The Balaban J connectivity index is 1.34. The quantitative estimate of drug-likeness (QED) is 0.934. The van der Waals surface area contributed by atoms with Gasteiger partial charge in [-0.05, 0) is 37.8 Å². The van der Waals surface area contributed by atoms with Crippen molar-refractivity contribution in [2.45, 2.75) is 37.8 Å². The number of benzene rings is 1. The number of nitrogens with one attached hydrogen (secondary N) is 1. The molecule has 0 spiro atoms. The van der Waals surface area contributed by atoms with Gasteiger partial charge in [0.25, 0.3) is 5.91 Å². The molecule has 0 bridgehead atoms. The molecule has 2 aliphatic heterocycles. The lowest BCUT2D eigenvalue weighted by Gasteiger charge is -2.41. The predicted octanol–water partition coefficient (Wildman–Crippen LogP) is 2.88. The molecule has 25 heavy (non-hydrogen) atoms. The van der Waals surface area contributed by atoms with Crippen molar-refractivity contribution in [1.82, 2.24) is 14.8 Å². The number of hydrogen-bond acceptors (Lipinski definition) is 3. The first-order valence-corrected chi connectivity index (χ1v) is 9.38. The average molecular weight is 341 g/mol. The second kappa shape index (κ2) is 7.18. The molecule has 2 fully saturated rings. The summed E-state index contributed by atoms with van der Waals surface area (Å²) in [6.07, 6.45) is 4.84. The van der Waals surface area contributed by atoms with Crippen molar-refractivity contribution in [2.24, 2.45) is 0 Å². The van der Waals surface area contributed by atoms with Crippen molar-refractivity contribution in [2.75, 3.05) is 33.3 Å². The van der Waals surface area contributed by atoms with Gasteiger partial charge in [-0.2, -0.15) is 0 Å². The number of H-pyrrole nitrogens is 1. The summed E-state index contributed by atoms with van der Waals surface area (Å²) >= 11 is 0. The molecule has 0 atom stereocenters. The lowest BCUT2D eigenvalue weighted by atomic mass is 9.98. The number of ether oxygens (including phenoxy) is 1. The second-order valence-electron chi connectivity index (χ2n) is 7.26. The molecular formula is C20H27N3O2. The number of likely N-dealkylation sites (tertiary alicyclic amines) is 2. The lowest BCUT2D eigenvalue weighted by molar-refractivity contribution is 0.0145. The summed E-state index contributed by atoms with van der Waals surface area (Å²) < 4.78 is 5.47. The zero-order chi connectivity index (χ0) is 17.2. The summed E-state index contributed by atoms with van der Waals surface area (Å²) in [7, 11) is 1.81. The van der Waals surface area contributed by atoms with Crippen molar-refractivity contribution in [3.05, 3.63) is 36.0 Å². The number of amides is 1. The predicted molar refractivity (Wildman–Crippen MR) is 98.8 cm³/mol. The average Bonchev–Trinajstić information content (AvgIpc) is 3.12. The van der Waals surface area contributed by atoms with Gasteiger partial charge in [0.2, 0.25) is 0 Å². The summed E-state index contributed by atoms with van der Waals surface area (Å²) in [5, 5.41) is 1.10. The van der Waals surface area contributed by atoms with Crippen LogP contribution in [0.2, 0.25) is 0 Å². The lowest BCUT2D eigenvalue weighted by Crippen LogP contribution is -2.49. The van der Waals surface area contributed by atoms with Crippen molar-refractivity contribution in [1.29, 1.82) is 0 Å². The van der Waals surface area contributed by atoms with Gasteiger partial charge in [-0.15, -0.1) is 0 Å². The third-order valence-electron chi connectivity index (χ3n) is 5.84. The number of carbonyl (C=O) groups is 1. The van der Waals surface area contributed by atoms with Crippen LogP contribution in [0.3, 0.4) is 0 Å². The van der Waals surface area contributed by atoms with E-state index in [2.05, 4.69) is 9.88 Å². The molecule has 1 aromatic heterocycles. The number of hydrogen-bond donors (Lipinski definition) is 1. The van der Waals surface area contributed by atoms with E-state index in [-0.39, 0.29) is 5.91 Å². The monoisotopic (exact) mass is 341 g/mol. The Morgan fingerprint density at radius 1 is 1.08 bits per heavy atom. The number of aromatic amines is 1. The highest BCUT2D eigenvalue weighted by Gasteiger charge is 2.30. The van der Waals surface area contributed by atoms with Crippen LogP contribution in [0.25, 0.3) is 10.9 Å². The van der Waals surface area contributed by atoms with Crippen LogP contribution >= 0.6 is 0 Å². The molecule has 1 amide bonds. The fourth-order valence-corrected chi connectivity index (χ4v) is 4.27. The van der Waals surface area contributed by atoms with Gasteiger partial charge in [0.15, 0.2) is 0 Å². The van der Waals surface area contributed by atoms with Gasteiger partial charge < -0.3 is 19.5 Å². The molecule has 0 saturated carbocycles. The first-order valence-electron chi connectivity index (χ1n) is 9.38. The molecule has 2 aliphatic rings. The van der Waals surface area contributed by atoms with E-state index in [4.69, 9.17) is 4.74 Å². The molecule has 1 aromatic carbocycles. The highest BCUT2D eigenvalue weighted by molar-refractivity contribution is 5.98. The molecule has 1 N–H and O–H groups in total. The van der Waals surface area contributed by atoms with E-state index in [1.807, 2.05) is 42.3 Å². The van der Waals surface area contributed by atoms with E-state index in [0.717, 1.165) is 62.8 Å². The fourth-order valence-electron chi connectivity index (χ4n) is 4.27. The largest absolute Gasteiger partial charge is 0.381 e. The van der Waals surface area contributed by atoms with Crippen LogP contribution in [-0.4, -0.2) is 66.1 Å². The van der Waals surface area contributed by atoms with Crippen LogP contribution in [0.5, 0.6) is 0 Å². The Labute approximate surface area is 148 Å². The van der Waals surface area contributed by atoms with Crippen LogP contribution < -0.4 is 0 Å². The van der Waals surface area contributed by atoms with Crippen molar-refractivity contribution >= 4 is 16.8 Å². The van der Waals surface area contributed by atoms with Crippen molar-refractivity contribution in [3.63, 3.8) is 0 Å². The third-order valence-corrected chi connectivity index (χ3v) is 5.84. The number of para-hydroxylation sites is 1. The molecule has 0 radical (unpaired) electrons. The zero-order valence-corrected chi connectivity index (χ0v) is 14.9. The Morgan fingerprint density at radius 3 is 2.48 bits per heavy atom. The summed E-state index contributed by atoms with van der Waals surface area (Å²) in [6, 6.07) is 10.6. The summed E-state index contributed by atoms with van der Waals surface area (Å²) in [4.78, 5) is 20.7. The number of piperidine rings is 2. The van der Waals surface area contributed by atoms with Crippen molar-refractivity contribution < 1.29 is 9.53 Å². The highest BCUT2D eigenvalue weighted by atomic mass is 16.5. The number of nitrogens with zero attached hydrogens (tertiary/aromatic N) is 2. The zero-order valence-electron chi connectivity index (χ0n) is 14.9. The van der Waals surface area contributed by atoms with Gasteiger partial charge >= 0.3 is 0 Å². The van der Waals surface area contributed by atoms with E-state index < -0.39 is 0 Å². The maximum atomic E-state index is 12.8. The molecule has 2 saturated heterocycles. The number of methoxy groups -OCH3 is 1. The molecule has 5 heteroatoms. The molecular weight excluding hydrogens is 314 g/mol. The molecule has 0 unspecified atom stereocenters. The summed E-state index contributed by atoms with van der Waals surface area (Å²) in [5.41, 5.74) is 1.74. The molecule has 3 heterocycles. The van der Waals surface area contributed by atoms with E-state index >= 15 is 0 Å². The Kier molecular flexibility index (Phi) is 4.77. The van der Waals surface area contributed by atoms with Gasteiger partial charge in [0.05, 0.1) is 6.10 Å². The topological polar surface area (TPSA) is 48.6 Å². The minimum absolute atomic E-state index is 0.132. The number of carbonyl (C=O) groups excluding carboxylic acids is 1. The maximum Gasteiger partial charge on any atom is 0.270 e. The smallest absolute Gasteiger partial charge is 0.270 e. The molecule has 4 rings (SSSR count). The number of aromatic nitrogens is 1. The second-order valence-corrected chi connectivity index (χ2v) is 7.26. The van der Waals surface area contributed by atoms with Gasteiger partial charge in [-0.3, -0.25) is 4.79 Å². The summed E-state index contributed by atoms with van der Waals surface area (Å²) in [6.45, 7) is 3.95. The minimum Gasteiger partial charge on any atom is -0.381 e. The van der Waals surface area contributed by atoms with Crippen LogP contribution in [0.1, 0.15) is 36.2 Å². The van der Waals surface area contributed by atoms with Crippen LogP contribution in [-0.2, 0) is 4.74 Å². The van der Waals surface area contributed by atoms with E-state index in [1.54, 1.807) is 0 Å². The van der Waals surface area contributed by atoms with Gasteiger partial charge in [0.1, 0.15) is 5.69 Å². The highest BCUT2D eigenvalue weighted by Crippen LogP contribution is 2.23. The first-order chi connectivity index (χ1) is 12.2. The van der Waals surface area contributed by atoms with E-state index in [1.165, 1.54) is 0 Å². The van der Waals surface area contributed by atoms with Crippen LogP contribution in [0.15, 0.2) is 30.3 Å². The van der Waals surface area contributed by atoms with Gasteiger partial charge in [-0.25, -0.2) is 0 Å². The SMILES string of the molecule is COC1CCN(C2CCN(C(=O)c3cc4ccccc4[nH]3)CC2)CC1. The standard InChI is InChI=1S/C20H27N3O2/c1-25-17-8-12-22(13-9-17)16-6-10-23(11-7-16)20(24)19-14-15-4-2-3-5-18(15)21-19/h2-5,14,16-17,21H,6-13H2,1H3. The summed E-state index contributed by atoms with van der Waals surface area (Å²) in [5.74, 6) is 0.132. The fraction of sp³-hybridized carbons (Fsp3) is 0.550. The maximum absolute atomic E-state index is 12.8. The molecule has 5 nitrogen and oxygen atoms in total. The van der Waals surface area contributed by atoms with Crippen molar-refractivity contribution in [3.8, 4) is 0 Å². The molecule has 134 valence electrons. The van der Waals surface area contributed by atoms with Crippen LogP contribution in [0, 0.1) is 0 Å². The van der Waals surface area contributed by atoms with E-state index in [9.17, 15) is 4.79 Å².